The zero-order valence-corrected chi connectivity index (χ0v) is 8.26. The van der Waals surface area contributed by atoms with Gasteiger partial charge in [0.1, 0.15) is 5.84 Å². The van der Waals surface area contributed by atoms with Gasteiger partial charge in [0, 0.05) is 18.9 Å². The molecule has 0 aromatic heterocycles. The third-order valence-electron chi connectivity index (χ3n) is 1.54. The molecule has 0 rings (SSSR count). The van der Waals surface area contributed by atoms with E-state index in [0.29, 0.717) is 18.2 Å². The van der Waals surface area contributed by atoms with E-state index in [4.69, 9.17) is 10.8 Å². The van der Waals surface area contributed by atoms with E-state index in [1.807, 2.05) is 0 Å². The Balaban J connectivity index is 3.10. The number of nitrogens with two attached hydrogens (primary N) is 1. The minimum Gasteiger partial charge on any atom is -0.396 e. The second kappa shape index (κ2) is 8.87. The van der Waals surface area contributed by atoms with Gasteiger partial charge in [0.2, 0.25) is 0 Å². The van der Waals surface area contributed by atoms with Crippen molar-refractivity contribution in [3.63, 3.8) is 0 Å². The van der Waals surface area contributed by atoms with Crippen LogP contribution in [0.5, 0.6) is 0 Å². The molecular weight excluding hydrogens is 172 g/mol. The summed E-state index contributed by atoms with van der Waals surface area (Å²) in [6, 6.07) is 0. The molecule has 0 bridgehead atoms. The van der Waals surface area contributed by atoms with Crippen LogP contribution in [0.25, 0.3) is 0 Å². The van der Waals surface area contributed by atoms with Gasteiger partial charge in [-0.05, 0) is 12.8 Å². The minimum absolute atomic E-state index is 0.294. The van der Waals surface area contributed by atoms with Crippen LogP contribution < -0.4 is 5.73 Å². The summed E-state index contributed by atoms with van der Waals surface area (Å²) in [5.41, 5.74) is 5.45. The first-order valence-corrected chi connectivity index (χ1v) is 4.95. The largest absolute Gasteiger partial charge is 0.396 e. The third-order valence-corrected chi connectivity index (χ3v) is 1.87. The van der Waals surface area contributed by atoms with Crippen LogP contribution in [-0.2, 0) is 0 Å². The van der Waals surface area contributed by atoms with Crippen molar-refractivity contribution in [2.24, 2.45) is 10.7 Å². The number of aliphatic hydroxyl groups excluding tert-OH is 1. The molecule has 0 aromatic rings. The standard InChI is InChI=1S/C8H18N2OS/c9-8(7-12)10-5-3-1-2-4-6-11/h11-12H,1-7H2,(H2,9,10). The van der Waals surface area contributed by atoms with E-state index in [2.05, 4.69) is 17.6 Å². The molecule has 0 aliphatic heterocycles. The average Bonchev–Trinajstić information content (AvgIpc) is 2.10. The quantitative estimate of drug-likeness (QED) is 0.241. The predicted octanol–water partition coefficient (Wildman–Crippen LogP) is 0.826. The lowest BCUT2D eigenvalue weighted by molar-refractivity contribution is 0.282. The van der Waals surface area contributed by atoms with Crippen LogP contribution in [0, 0.1) is 0 Å². The van der Waals surface area contributed by atoms with E-state index in [9.17, 15) is 0 Å². The molecule has 3 nitrogen and oxygen atoms in total. The van der Waals surface area contributed by atoms with Crippen molar-refractivity contribution >= 4 is 18.5 Å². The number of hydrogen-bond donors (Lipinski definition) is 3. The Hall–Kier alpha value is -0.220. The summed E-state index contributed by atoms with van der Waals surface area (Å²) in [6.45, 7) is 1.08. The average molecular weight is 190 g/mol. The summed E-state index contributed by atoms with van der Waals surface area (Å²) in [5, 5.41) is 8.49. The smallest absolute Gasteiger partial charge is 0.103 e. The van der Waals surface area contributed by atoms with Gasteiger partial charge in [-0.15, -0.1) is 0 Å². The van der Waals surface area contributed by atoms with Crippen molar-refractivity contribution in [3.8, 4) is 0 Å². The molecule has 4 heteroatoms. The van der Waals surface area contributed by atoms with Gasteiger partial charge in [-0.2, -0.15) is 12.6 Å². The lowest BCUT2D eigenvalue weighted by Gasteiger charge is -1.97. The predicted molar refractivity (Wildman–Crippen MR) is 55.9 cm³/mol. The lowest BCUT2D eigenvalue weighted by atomic mass is 10.2. The molecular formula is C8H18N2OS. The monoisotopic (exact) mass is 190 g/mol. The molecule has 3 N–H and O–H groups in total. The van der Waals surface area contributed by atoms with Gasteiger partial charge >= 0.3 is 0 Å². The molecule has 0 amide bonds. The Labute approximate surface area is 79.5 Å². The fourth-order valence-electron chi connectivity index (χ4n) is 0.850. The van der Waals surface area contributed by atoms with Gasteiger partial charge in [-0.25, -0.2) is 0 Å². The van der Waals surface area contributed by atoms with E-state index in [-0.39, 0.29) is 0 Å². The molecule has 0 aromatic carbocycles. The summed E-state index contributed by atoms with van der Waals surface area (Å²) in [6.07, 6.45) is 4.14. The number of nitrogens with zero attached hydrogens (tertiary/aromatic N) is 1. The van der Waals surface area contributed by atoms with Gasteiger partial charge in [0.05, 0.1) is 0 Å². The Morgan fingerprint density at radius 3 is 2.50 bits per heavy atom. The van der Waals surface area contributed by atoms with Gasteiger partial charge in [0.15, 0.2) is 0 Å². The van der Waals surface area contributed by atoms with Crippen LogP contribution in [0.4, 0.5) is 0 Å². The molecule has 0 aliphatic carbocycles. The highest BCUT2D eigenvalue weighted by atomic mass is 32.1. The first kappa shape index (κ1) is 11.8. The number of hydrogen-bond acceptors (Lipinski definition) is 3. The topological polar surface area (TPSA) is 58.6 Å². The van der Waals surface area contributed by atoms with E-state index >= 15 is 0 Å². The molecule has 72 valence electrons. The number of aliphatic imine (C=N–C) groups is 1. The Morgan fingerprint density at radius 1 is 1.25 bits per heavy atom. The molecule has 12 heavy (non-hydrogen) atoms. The molecule has 0 saturated carbocycles. The van der Waals surface area contributed by atoms with Crippen molar-refractivity contribution in [3.05, 3.63) is 0 Å². The van der Waals surface area contributed by atoms with E-state index in [0.717, 1.165) is 32.2 Å². The van der Waals surface area contributed by atoms with Gasteiger partial charge in [-0.3, -0.25) is 4.99 Å². The van der Waals surface area contributed by atoms with Crippen LogP contribution in [0.2, 0.25) is 0 Å². The zero-order valence-electron chi connectivity index (χ0n) is 7.37. The Kier molecular flexibility index (Phi) is 8.71. The van der Waals surface area contributed by atoms with Gasteiger partial charge in [0.25, 0.3) is 0 Å². The van der Waals surface area contributed by atoms with Gasteiger partial charge in [-0.1, -0.05) is 12.8 Å². The maximum absolute atomic E-state index is 8.49. The van der Waals surface area contributed by atoms with Crippen molar-refractivity contribution in [2.45, 2.75) is 25.7 Å². The second-order valence-electron chi connectivity index (χ2n) is 2.67. The number of aliphatic hydroxyl groups is 1. The fourth-order valence-corrected chi connectivity index (χ4v) is 0.950. The Bertz CT molecular complexity index is 128. The molecule has 0 atom stereocenters. The molecule has 0 spiro atoms. The molecule has 0 aliphatic rings. The van der Waals surface area contributed by atoms with Crippen molar-refractivity contribution in [1.29, 1.82) is 0 Å². The molecule has 0 radical (unpaired) electrons. The highest BCUT2D eigenvalue weighted by Gasteiger charge is 1.89. The highest BCUT2D eigenvalue weighted by molar-refractivity contribution is 7.81. The maximum atomic E-state index is 8.49. The van der Waals surface area contributed by atoms with E-state index in [1.54, 1.807) is 0 Å². The lowest BCUT2D eigenvalue weighted by Crippen LogP contribution is -2.13. The van der Waals surface area contributed by atoms with Crippen LogP contribution >= 0.6 is 12.6 Å². The summed E-state index contributed by atoms with van der Waals surface area (Å²) < 4.78 is 0. The summed E-state index contributed by atoms with van der Waals surface area (Å²) >= 11 is 3.99. The van der Waals surface area contributed by atoms with E-state index in [1.165, 1.54) is 0 Å². The molecule has 0 heterocycles. The number of thiol groups is 1. The van der Waals surface area contributed by atoms with Crippen molar-refractivity contribution in [2.75, 3.05) is 18.9 Å². The van der Waals surface area contributed by atoms with Gasteiger partial charge < -0.3 is 10.8 Å². The van der Waals surface area contributed by atoms with Crippen LogP contribution in [0.15, 0.2) is 4.99 Å². The summed E-state index contributed by atoms with van der Waals surface area (Å²) in [4.78, 5) is 4.10. The van der Waals surface area contributed by atoms with Crippen LogP contribution in [-0.4, -0.2) is 29.8 Å². The second-order valence-corrected chi connectivity index (χ2v) is 2.99. The number of amidine groups is 1. The third kappa shape index (κ3) is 7.88. The minimum atomic E-state index is 0.294. The summed E-state index contributed by atoms with van der Waals surface area (Å²) in [7, 11) is 0. The van der Waals surface area contributed by atoms with Crippen molar-refractivity contribution < 1.29 is 5.11 Å². The maximum Gasteiger partial charge on any atom is 0.103 e. The number of unbranched alkanes of at least 4 members (excludes halogenated alkanes) is 3. The fraction of sp³-hybridized carbons (Fsp3) is 0.875. The first-order chi connectivity index (χ1) is 5.81. The molecule has 0 saturated heterocycles. The van der Waals surface area contributed by atoms with E-state index < -0.39 is 0 Å². The highest BCUT2D eigenvalue weighted by Crippen LogP contribution is 1.98. The molecule has 0 fully saturated rings. The van der Waals surface area contributed by atoms with Crippen LogP contribution in [0.3, 0.4) is 0 Å². The normalized spacial score (nSPS) is 12.0. The van der Waals surface area contributed by atoms with Crippen LogP contribution in [0.1, 0.15) is 25.7 Å². The SMILES string of the molecule is NC(CS)=NCCCCCCO. The van der Waals surface area contributed by atoms with Crippen molar-refractivity contribution in [1.82, 2.24) is 0 Å². The zero-order chi connectivity index (χ0) is 9.23. The first-order valence-electron chi connectivity index (χ1n) is 4.31. The Morgan fingerprint density at radius 2 is 1.92 bits per heavy atom. The summed E-state index contributed by atoms with van der Waals surface area (Å²) in [5.74, 6) is 1.15. The number of rotatable bonds is 7. The molecule has 0 unspecified atom stereocenters.